The zero-order valence-corrected chi connectivity index (χ0v) is 9.36. The summed E-state index contributed by atoms with van der Waals surface area (Å²) < 4.78 is 0. The van der Waals surface area contributed by atoms with Crippen LogP contribution in [-0.4, -0.2) is 35.2 Å². The van der Waals surface area contributed by atoms with Gasteiger partial charge in [-0.05, 0) is 31.8 Å². The van der Waals surface area contributed by atoms with Crippen molar-refractivity contribution in [1.29, 1.82) is 0 Å². The maximum atomic E-state index is 10.8. The van der Waals surface area contributed by atoms with E-state index in [2.05, 4.69) is 5.32 Å². The molecule has 13 heavy (non-hydrogen) atoms. The molecule has 0 aromatic carbocycles. The fourth-order valence-electron chi connectivity index (χ4n) is 0.975. The molecular weight excluding hydrogens is 186 g/mol. The minimum atomic E-state index is -0.741. The lowest BCUT2D eigenvalue weighted by atomic mass is 10.2. The minimum absolute atomic E-state index is 0.281. The molecule has 0 fully saturated rings. The molecule has 0 aliphatic rings. The minimum Gasteiger partial charge on any atom is -0.480 e. The Labute approximate surface area is 84.3 Å². The standard InChI is InChI=1S/C9H19NO2S/c1-4-7(2)10-8(9(11)12)5-6-13-3/h7-8,10H,4-6H2,1-3H3,(H,11,12). The number of carbonyl (C=O) groups is 1. The number of carboxylic acids is 1. The summed E-state index contributed by atoms with van der Waals surface area (Å²) in [5.41, 5.74) is 0. The van der Waals surface area contributed by atoms with Crippen molar-refractivity contribution in [2.45, 2.75) is 38.8 Å². The average molecular weight is 205 g/mol. The zero-order chi connectivity index (χ0) is 10.3. The summed E-state index contributed by atoms with van der Waals surface area (Å²) in [6.45, 7) is 4.06. The lowest BCUT2D eigenvalue weighted by Gasteiger charge is -2.18. The van der Waals surface area contributed by atoms with Gasteiger partial charge in [-0.3, -0.25) is 4.79 Å². The predicted molar refractivity (Wildman–Crippen MR) is 57.3 cm³/mol. The third kappa shape index (κ3) is 5.93. The van der Waals surface area contributed by atoms with Crippen molar-refractivity contribution in [1.82, 2.24) is 5.32 Å². The van der Waals surface area contributed by atoms with Crippen LogP contribution in [-0.2, 0) is 4.79 Å². The largest absolute Gasteiger partial charge is 0.480 e. The molecule has 0 aromatic heterocycles. The number of rotatable bonds is 7. The first-order valence-electron chi connectivity index (χ1n) is 4.59. The smallest absolute Gasteiger partial charge is 0.320 e. The topological polar surface area (TPSA) is 49.3 Å². The van der Waals surface area contributed by atoms with Gasteiger partial charge in [-0.1, -0.05) is 6.92 Å². The Kier molecular flexibility index (Phi) is 7.09. The van der Waals surface area contributed by atoms with Crippen LogP contribution in [0.1, 0.15) is 26.7 Å². The molecule has 0 aliphatic heterocycles. The summed E-state index contributed by atoms with van der Waals surface area (Å²) in [7, 11) is 0. The molecule has 0 spiro atoms. The number of carboxylic acid groups (broad SMARTS) is 1. The first kappa shape index (κ1) is 12.8. The van der Waals surface area contributed by atoms with E-state index in [0.717, 1.165) is 12.2 Å². The highest BCUT2D eigenvalue weighted by Gasteiger charge is 2.17. The lowest BCUT2D eigenvalue weighted by Crippen LogP contribution is -2.42. The van der Waals surface area contributed by atoms with Crippen LogP contribution in [0.5, 0.6) is 0 Å². The second kappa shape index (κ2) is 7.21. The molecule has 3 nitrogen and oxygen atoms in total. The van der Waals surface area contributed by atoms with Gasteiger partial charge >= 0.3 is 5.97 Å². The molecular formula is C9H19NO2S. The number of hydrogen-bond donors (Lipinski definition) is 2. The first-order valence-corrected chi connectivity index (χ1v) is 5.99. The van der Waals surface area contributed by atoms with Crippen LogP contribution in [0.15, 0.2) is 0 Å². The van der Waals surface area contributed by atoms with E-state index in [4.69, 9.17) is 5.11 Å². The van der Waals surface area contributed by atoms with Crippen molar-refractivity contribution >= 4 is 17.7 Å². The summed E-state index contributed by atoms with van der Waals surface area (Å²) in [6, 6.07) is -0.106. The molecule has 0 aliphatic carbocycles. The normalized spacial score (nSPS) is 15.3. The molecule has 0 heterocycles. The van der Waals surface area contributed by atoms with Crippen molar-refractivity contribution in [3.63, 3.8) is 0 Å². The molecule has 4 heteroatoms. The summed E-state index contributed by atoms with van der Waals surface area (Å²) in [4.78, 5) is 10.8. The van der Waals surface area contributed by atoms with Crippen LogP contribution < -0.4 is 5.32 Å². The molecule has 0 amide bonds. The van der Waals surface area contributed by atoms with Crippen molar-refractivity contribution < 1.29 is 9.90 Å². The molecule has 0 radical (unpaired) electrons. The zero-order valence-electron chi connectivity index (χ0n) is 8.54. The maximum Gasteiger partial charge on any atom is 0.320 e. The number of aliphatic carboxylic acids is 1. The highest BCUT2D eigenvalue weighted by atomic mass is 32.2. The first-order chi connectivity index (χ1) is 6.11. The van der Waals surface area contributed by atoms with Crippen LogP contribution >= 0.6 is 11.8 Å². The third-order valence-corrected chi connectivity index (χ3v) is 2.65. The molecule has 2 atom stereocenters. The molecule has 2 N–H and O–H groups in total. The van der Waals surface area contributed by atoms with Gasteiger partial charge < -0.3 is 10.4 Å². The van der Waals surface area contributed by atoms with Crippen LogP contribution in [0.3, 0.4) is 0 Å². The van der Waals surface area contributed by atoms with E-state index in [0.29, 0.717) is 6.42 Å². The number of nitrogens with one attached hydrogen (secondary N) is 1. The highest BCUT2D eigenvalue weighted by Crippen LogP contribution is 2.03. The average Bonchev–Trinajstić information content (AvgIpc) is 2.11. The lowest BCUT2D eigenvalue weighted by molar-refractivity contribution is -0.139. The summed E-state index contributed by atoms with van der Waals surface area (Å²) >= 11 is 1.68. The molecule has 0 aromatic rings. The monoisotopic (exact) mass is 205 g/mol. The summed E-state index contributed by atoms with van der Waals surface area (Å²) in [6.07, 6.45) is 3.64. The van der Waals surface area contributed by atoms with Crippen molar-refractivity contribution in [3.8, 4) is 0 Å². The fourth-order valence-corrected chi connectivity index (χ4v) is 1.45. The van der Waals surface area contributed by atoms with Gasteiger partial charge in [-0.2, -0.15) is 11.8 Å². The molecule has 0 saturated carbocycles. The van der Waals surface area contributed by atoms with Gasteiger partial charge in [-0.15, -0.1) is 0 Å². The van der Waals surface area contributed by atoms with Crippen molar-refractivity contribution in [3.05, 3.63) is 0 Å². The van der Waals surface area contributed by atoms with Crippen LogP contribution in [0.25, 0.3) is 0 Å². The van der Waals surface area contributed by atoms with E-state index in [1.165, 1.54) is 0 Å². The van der Waals surface area contributed by atoms with Crippen molar-refractivity contribution in [2.24, 2.45) is 0 Å². The van der Waals surface area contributed by atoms with E-state index in [9.17, 15) is 4.79 Å². The van der Waals surface area contributed by atoms with Gasteiger partial charge in [0.15, 0.2) is 0 Å². The molecule has 78 valence electrons. The molecule has 0 bridgehead atoms. The highest BCUT2D eigenvalue weighted by molar-refractivity contribution is 7.98. The van der Waals surface area contributed by atoms with Gasteiger partial charge in [0.1, 0.15) is 6.04 Å². The molecule has 2 unspecified atom stereocenters. The quantitative estimate of drug-likeness (QED) is 0.662. The Bertz CT molecular complexity index is 153. The van der Waals surface area contributed by atoms with E-state index >= 15 is 0 Å². The van der Waals surface area contributed by atoms with E-state index in [-0.39, 0.29) is 12.1 Å². The van der Waals surface area contributed by atoms with Gasteiger partial charge in [-0.25, -0.2) is 0 Å². The Hall–Kier alpha value is -0.220. The van der Waals surface area contributed by atoms with E-state index < -0.39 is 5.97 Å². The number of hydrogen-bond acceptors (Lipinski definition) is 3. The number of thioether (sulfide) groups is 1. The third-order valence-electron chi connectivity index (χ3n) is 2.01. The van der Waals surface area contributed by atoms with Crippen LogP contribution in [0.4, 0.5) is 0 Å². The van der Waals surface area contributed by atoms with Crippen LogP contribution in [0, 0.1) is 0 Å². The second-order valence-corrected chi connectivity index (χ2v) is 4.13. The maximum absolute atomic E-state index is 10.8. The Morgan fingerprint density at radius 3 is 2.62 bits per heavy atom. The molecule has 0 saturated heterocycles. The Balaban J connectivity index is 3.87. The predicted octanol–water partition coefficient (Wildman–Crippen LogP) is 1.58. The summed E-state index contributed by atoms with van der Waals surface area (Å²) in [5.74, 6) is 0.148. The Morgan fingerprint density at radius 1 is 1.62 bits per heavy atom. The van der Waals surface area contributed by atoms with E-state index in [1.807, 2.05) is 20.1 Å². The molecule has 0 rings (SSSR count). The van der Waals surface area contributed by atoms with Crippen molar-refractivity contribution in [2.75, 3.05) is 12.0 Å². The van der Waals surface area contributed by atoms with Gasteiger partial charge in [0.2, 0.25) is 0 Å². The van der Waals surface area contributed by atoms with E-state index in [1.54, 1.807) is 11.8 Å². The van der Waals surface area contributed by atoms with Gasteiger partial charge in [0, 0.05) is 6.04 Å². The SMILES string of the molecule is CCC(C)NC(CCSC)C(=O)O. The fraction of sp³-hybridized carbons (Fsp3) is 0.889. The second-order valence-electron chi connectivity index (χ2n) is 3.15. The van der Waals surface area contributed by atoms with Gasteiger partial charge in [0.25, 0.3) is 0 Å². The Morgan fingerprint density at radius 2 is 2.23 bits per heavy atom. The van der Waals surface area contributed by atoms with Crippen LogP contribution in [0.2, 0.25) is 0 Å². The van der Waals surface area contributed by atoms with Gasteiger partial charge in [0.05, 0.1) is 0 Å². The summed E-state index contributed by atoms with van der Waals surface area (Å²) in [5, 5.41) is 12.0.